The number of hydrogen-bond acceptors (Lipinski definition) is 2. The first-order chi connectivity index (χ1) is 6.86. The van der Waals surface area contributed by atoms with Gasteiger partial charge in [-0.2, -0.15) is 0 Å². The molecule has 0 bridgehead atoms. The molecule has 0 heterocycles. The van der Waals surface area contributed by atoms with Crippen LogP contribution in [0.3, 0.4) is 0 Å². The van der Waals surface area contributed by atoms with Gasteiger partial charge in [0, 0.05) is 12.0 Å². The molecule has 0 aliphatic heterocycles. The standard InChI is InChI=1S/C12H9O2/c13-12(10-6-4-5-7-10)14-11-8-2-1-3-9-11/h1-9H. The van der Waals surface area contributed by atoms with Crippen LogP contribution in [0.5, 0.6) is 5.75 Å². The molecule has 69 valence electrons. The third-order valence-electron chi connectivity index (χ3n) is 1.85. The van der Waals surface area contributed by atoms with Crippen molar-refractivity contribution in [2.75, 3.05) is 0 Å². The van der Waals surface area contributed by atoms with Gasteiger partial charge < -0.3 is 4.74 Å². The molecule has 1 aliphatic rings. The Bertz CT molecular complexity index is 388. The Hall–Kier alpha value is -1.83. The number of benzene rings is 1. The van der Waals surface area contributed by atoms with Crippen molar-refractivity contribution in [1.82, 2.24) is 0 Å². The van der Waals surface area contributed by atoms with E-state index in [0.29, 0.717) is 11.3 Å². The van der Waals surface area contributed by atoms with Gasteiger partial charge in [0.15, 0.2) is 0 Å². The normalized spacial score (nSPS) is 13.9. The predicted molar refractivity (Wildman–Crippen MR) is 53.6 cm³/mol. The molecule has 0 aromatic heterocycles. The van der Waals surface area contributed by atoms with Crippen LogP contribution >= 0.6 is 0 Å². The minimum Gasteiger partial charge on any atom is -0.423 e. The van der Waals surface area contributed by atoms with Gasteiger partial charge in [-0.25, -0.2) is 4.79 Å². The summed E-state index contributed by atoms with van der Waals surface area (Å²) in [5.41, 5.74) is 0.578. The highest BCUT2D eigenvalue weighted by Crippen LogP contribution is 2.14. The lowest BCUT2D eigenvalue weighted by molar-refractivity contribution is -0.129. The molecule has 0 atom stereocenters. The van der Waals surface area contributed by atoms with E-state index in [4.69, 9.17) is 4.74 Å². The lowest BCUT2D eigenvalue weighted by atomic mass is 10.2. The van der Waals surface area contributed by atoms with Crippen LogP contribution in [-0.4, -0.2) is 5.97 Å². The van der Waals surface area contributed by atoms with Crippen molar-refractivity contribution < 1.29 is 9.53 Å². The Labute approximate surface area is 82.5 Å². The van der Waals surface area contributed by atoms with E-state index in [0.717, 1.165) is 0 Å². The average Bonchev–Trinajstić information content (AvgIpc) is 2.72. The van der Waals surface area contributed by atoms with Gasteiger partial charge in [-0.1, -0.05) is 36.4 Å². The molecule has 0 amide bonds. The first kappa shape index (κ1) is 8.75. The maximum atomic E-state index is 11.5. The highest BCUT2D eigenvalue weighted by Gasteiger charge is 2.12. The van der Waals surface area contributed by atoms with Gasteiger partial charge in [-0.3, -0.25) is 0 Å². The number of allylic oxidation sites excluding steroid dienone is 3. The smallest absolute Gasteiger partial charge is 0.340 e. The molecule has 2 rings (SSSR count). The fourth-order valence-electron chi connectivity index (χ4n) is 1.16. The summed E-state index contributed by atoms with van der Waals surface area (Å²) in [7, 11) is 0. The van der Waals surface area contributed by atoms with Gasteiger partial charge >= 0.3 is 5.97 Å². The molecule has 1 radical (unpaired) electrons. The van der Waals surface area contributed by atoms with E-state index in [9.17, 15) is 4.79 Å². The van der Waals surface area contributed by atoms with Gasteiger partial charge in [-0.05, 0) is 12.1 Å². The highest BCUT2D eigenvalue weighted by atomic mass is 16.5. The number of esters is 1. The summed E-state index contributed by atoms with van der Waals surface area (Å²) < 4.78 is 5.12. The molecular formula is C12H9O2. The van der Waals surface area contributed by atoms with Gasteiger partial charge in [0.1, 0.15) is 5.75 Å². The Morgan fingerprint density at radius 2 is 1.86 bits per heavy atom. The zero-order chi connectivity index (χ0) is 9.80. The maximum Gasteiger partial charge on any atom is 0.340 e. The molecule has 14 heavy (non-hydrogen) atoms. The minimum absolute atomic E-state index is 0.318. The van der Waals surface area contributed by atoms with Gasteiger partial charge in [0.05, 0.1) is 0 Å². The number of para-hydroxylation sites is 1. The second-order valence-corrected chi connectivity index (χ2v) is 2.88. The summed E-state index contributed by atoms with van der Waals surface area (Å²) >= 11 is 0. The fraction of sp³-hybridized carbons (Fsp3) is 0. The quantitative estimate of drug-likeness (QED) is 0.522. The lowest BCUT2D eigenvalue weighted by Gasteiger charge is -2.03. The number of ether oxygens (including phenoxy) is 1. The molecule has 0 unspecified atom stereocenters. The van der Waals surface area contributed by atoms with Crippen molar-refractivity contribution in [1.29, 1.82) is 0 Å². The van der Waals surface area contributed by atoms with E-state index in [1.54, 1.807) is 24.6 Å². The molecule has 2 nitrogen and oxygen atoms in total. The van der Waals surface area contributed by atoms with Crippen LogP contribution in [0.1, 0.15) is 0 Å². The van der Waals surface area contributed by atoms with Gasteiger partial charge in [-0.15, -0.1) is 0 Å². The van der Waals surface area contributed by atoms with Crippen molar-refractivity contribution in [3.05, 3.63) is 60.6 Å². The fourth-order valence-corrected chi connectivity index (χ4v) is 1.16. The highest BCUT2D eigenvalue weighted by molar-refractivity contribution is 5.94. The first-order valence-electron chi connectivity index (χ1n) is 4.35. The van der Waals surface area contributed by atoms with Crippen molar-refractivity contribution in [3.63, 3.8) is 0 Å². The Kier molecular flexibility index (Phi) is 2.45. The summed E-state index contributed by atoms with van der Waals surface area (Å²) in [6, 6.07) is 9.03. The summed E-state index contributed by atoms with van der Waals surface area (Å²) in [6.07, 6.45) is 7.07. The number of hydrogen-bond donors (Lipinski definition) is 0. The molecule has 1 aromatic carbocycles. The van der Waals surface area contributed by atoms with Crippen LogP contribution < -0.4 is 4.74 Å². The zero-order valence-corrected chi connectivity index (χ0v) is 7.51. The topological polar surface area (TPSA) is 26.3 Å². The van der Waals surface area contributed by atoms with Crippen molar-refractivity contribution in [2.24, 2.45) is 0 Å². The van der Waals surface area contributed by atoms with Crippen LogP contribution in [0.2, 0.25) is 0 Å². The van der Waals surface area contributed by atoms with E-state index in [1.165, 1.54) is 0 Å². The molecule has 0 saturated heterocycles. The molecular weight excluding hydrogens is 176 g/mol. The monoisotopic (exact) mass is 185 g/mol. The predicted octanol–water partition coefficient (Wildman–Crippen LogP) is 2.29. The van der Waals surface area contributed by atoms with E-state index >= 15 is 0 Å². The average molecular weight is 185 g/mol. The van der Waals surface area contributed by atoms with Gasteiger partial charge in [0.25, 0.3) is 0 Å². The number of carbonyl (C=O) groups excluding carboxylic acids is 1. The van der Waals surface area contributed by atoms with Crippen molar-refractivity contribution in [2.45, 2.75) is 0 Å². The van der Waals surface area contributed by atoms with Crippen LogP contribution in [-0.2, 0) is 4.79 Å². The summed E-state index contributed by atoms with van der Waals surface area (Å²) in [5, 5.41) is 0. The molecule has 2 heteroatoms. The van der Waals surface area contributed by atoms with Crippen LogP contribution in [0.4, 0.5) is 0 Å². The SMILES string of the molecule is O=C(Oc1ccccc1)C1=CC=C[CH]1. The maximum absolute atomic E-state index is 11.5. The van der Waals surface area contributed by atoms with Gasteiger partial charge in [0.2, 0.25) is 0 Å². The molecule has 0 spiro atoms. The largest absolute Gasteiger partial charge is 0.423 e. The summed E-state index contributed by atoms with van der Waals surface area (Å²) in [6.45, 7) is 0. The number of rotatable bonds is 2. The van der Waals surface area contributed by atoms with E-state index in [2.05, 4.69) is 0 Å². The van der Waals surface area contributed by atoms with E-state index in [1.807, 2.05) is 30.4 Å². The molecule has 1 aliphatic carbocycles. The minimum atomic E-state index is -0.318. The van der Waals surface area contributed by atoms with Crippen LogP contribution in [0.15, 0.2) is 54.1 Å². The Morgan fingerprint density at radius 3 is 2.50 bits per heavy atom. The van der Waals surface area contributed by atoms with Crippen molar-refractivity contribution in [3.8, 4) is 5.75 Å². The lowest BCUT2D eigenvalue weighted by Crippen LogP contribution is -2.09. The zero-order valence-electron chi connectivity index (χ0n) is 7.51. The van der Waals surface area contributed by atoms with Crippen LogP contribution in [0.25, 0.3) is 0 Å². The Balaban J connectivity index is 2.02. The third kappa shape index (κ3) is 1.91. The molecule has 0 saturated carbocycles. The third-order valence-corrected chi connectivity index (χ3v) is 1.85. The summed E-state index contributed by atoms with van der Waals surface area (Å²) in [4.78, 5) is 11.5. The van der Waals surface area contributed by atoms with E-state index in [-0.39, 0.29) is 5.97 Å². The first-order valence-corrected chi connectivity index (χ1v) is 4.35. The number of carbonyl (C=O) groups is 1. The second-order valence-electron chi connectivity index (χ2n) is 2.88. The molecule has 0 fully saturated rings. The summed E-state index contributed by atoms with van der Waals surface area (Å²) in [5.74, 6) is 0.250. The van der Waals surface area contributed by atoms with E-state index < -0.39 is 0 Å². The second kappa shape index (κ2) is 3.92. The van der Waals surface area contributed by atoms with Crippen molar-refractivity contribution >= 4 is 5.97 Å². The molecule has 0 N–H and O–H groups in total. The van der Waals surface area contributed by atoms with Crippen LogP contribution in [0, 0.1) is 6.42 Å². The molecule has 1 aromatic rings. The Morgan fingerprint density at radius 1 is 1.07 bits per heavy atom.